The average molecular weight is 272 g/mol. The molecule has 1 unspecified atom stereocenters. The van der Waals surface area contributed by atoms with Gasteiger partial charge in [0.2, 0.25) is 0 Å². The Morgan fingerprint density at radius 2 is 2.10 bits per heavy atom. The summed E-state index contributed by atoms with van der Waals surface area (Å²) in [5.41, 5.74) is 1.40. The summed E-state index contributed by atoms with van der Waals surface area (Å²) >= 11 is 0. The van der Waals surface area contributed by atoms with Crippen molar-refractivity contribution < 1.29 is 14.6 Å². The molecule has 0 aliphatic carbocycles. The molecule has 0 aliphatic heterocycles. The van der Waals surface area contributed by atoms with Gasteiger partial charge >= 0.3 is 0 Å². The first-order chi connectivity index (χ1) is 9.70. The smallest absolute Gasteiger partial charge is 0.253 e. The minimum absolute atomic E-state index is 0.347. The molecule has 0 radical (unpaired) electrons. The fourth-order valence-electron chi connectivity index (χ4n) is 1.72. The number of nitrogens with zero attached hydrogens (tertiary/aromatic N) is 1. The second-order valence-corrected chi connectivity index (χ2v) is 4.25. The lowest BCUT2D eigenvalue weighted by molar-refractivity contribution is -0.129. The van der Waals surface area contributed by atoms with E-state index in [1.54, 1.807) is 25.4 Å². The van der Waals surface area contributed by atoms with Gasteiger partial charge in [-0.15, -0.1) is 0 Å². The summed E-state index contributed by atoms with van der Waals surface area (Å²) in [4.78, 5) is 15.7. The van der Waals surface area contributed by atoms with Gasteiger partial charge in [-0.3, -0.25) is 9.78 Å². The molecule has 2 aromatic rings. The topological polar surface area (TPSA) is 71.5 Å². The molecule has 0 aliphatic rings. The fourth-order valence-corrected chi connectivity index (χ4v) is 1.72. The molecular weight excluding hydrogens is 256 g/mol. The van der Waals surface area contributed by atoms with Crippen LogP contribution in [0.2, 0.25) is 0 Å². The minimum Gasteiger partial charge on any atom is -0.497 e. The highest BCUT2D eigenvalue weighted by Crippen LogP contribution is 2.13. The number of rotatable bonds is 5. The number of nitrogens with one attached hydrogen (secondary N) is 1. The van der Waals surface area contributed by atoms with Gasteiger partial charge in [0.1, 0.15) is 5.75 Å². The van der Waals surface area contributed by atoms with Crippen molar-refractivity contribution in [2.24, 2.45) is 0 Å². The summed E-state index contributed by atoms with van der Waals surface area (Å²) in [6.45, 7) is 0.347. The van der Waals surface area contributed by atoms with E-state index in [9.17, 15) is 9.90 Å². The van der Waals surface area contributed by atoms with Crippen molar-refractivity contribution in [2.75, 3.05) is 7.11 Å². The van der Waals surface area contributed by atoms with Crippen molar-refractivity contribution in [1.82, 2.24) is 10.3 Å². The molecule has 0 saturated heterocycles. The van der Waals surface area contributed by atoms with Crippen LogP contribution in [0.25, 0.3) is 0 Å². The number of benzene rings is 1. The van der Waals surface area contributed by atoms with E-state index in [1.807, 2.05) is 24.3 Å². The van der Waals surface area contributed by atoms with Crippen LogP contribution in [-0.2, 0) is 11.3 Å². The normalized spacial score (nSPS) is 11.7. The predicted molar refractivity (Wildman–Crippen MR) is 74.0 cm³/mol. The van der Waals surface area contributed by atoms with Gasteiger partial charge in [-0.1, -0.05) is 18.2 Å². The van der Waals surface area contributed by atoms with E-state index >= 15 is 0 Å². The highest BCUT2D eigenvalue weighted by atomic mass is 16.5. The second-order valence-electron chi connectivity index (χ2n) is 4.25. The van der Waals surface area contributed by atoms with Gasteiger partial charge in [-0.05, 0) is 23.8 Å². The van der Waals surface area contributed by atoms with E-state index < -0.39 is 12.0 Å². The van der Waals surface area contributed by atoms with E-state index in [0.717, 1.165) is 11.3 Å². The van der Waals surface area contributed by atoms with Crippen molar-refractivity contribution in [3.63, 3.8) is 0 Å². The third kappa shape index (κ3) is 3.55. The van der Waals surface area contributed by atoms with Gasteiger partial charge in [0.15, 0.2) is 6.10 Å². The van der Waals surface area contributed by atoms with Gasteiger partial charge in [-0.25, -0.2) is 0 Å². The maximum Gasteiger partial charge on any atom is 0.253 e. The van der Waals surface area contributed by atoms with Crippen molar-refractivity contribution >= 4 is 5.91 Å². The lowest BCUT2D eigenvalue weighted by Gasteiger charge is -2.11. The number of carbonyl (C=O) groups excluding carboxylic acids is 1. The Hall–Kier alpha value is -2.40. The van der Waals surface area contributed by atoms with Gasteiger partial charge in [-0.2, -0.15) is 0 Å². The van der Waals surface area contributed by atoms with E-state index in [1.165, 1.54) is 6.20 Å². The zero-order valence-electron chi connectivity index (χ0n) is 11.1. The molecule has 2 N–H and O–H groups in total. The van der Waals surface area contributed by atoms with E-state index in [4.69, 9.17) is 4.74 Å². The summed E-state index contributed by atoms with van der Waals surface area (Å²) in [5, 5.41) is 12.6. The van der Waals surface area contributed by atoms with Gasteiger partial charge in [0, 0.05) is 24.5 Å². The van der Waals surface area contributed by atoms with Crippen molar-refractivity contribution in [3.05, 3.63) is 59.9 Å². The number of amides is 1. The summed E-state index contributed by atoms with van der Waals surface area (Å²) in [6, 6.07) is 10.7. The molecule has 104 valence electrons. The van der Waals surface area contributed by atoms with Crippen LogP contribution in [0.3, 0.4) is 0 Å². The summed E-state index contributed by atoms with van der Waals surface area (Å²) in [6.07, 6.45) is 1.85. The van der Waals surface area contributed by atoms with Crippen LogP contribution in [0, 0.1) is 0 Å². The first kappa shape index (κ1) is 14.0. The number of aliphatic hydroxyl groups is 1. The Kier molecular flexibility index (Phi) is 4.68. The Morgan fingerprint density at radius 3 is 2.70 bits per heavy atom. The SMILES string of the molecule is COc1ccc(CNC(=O)C(O)c2cccnc2)cc1. The van der Waals surface area contributed by atoms with Crippen LogP contribution in [0.4, 0.5) is 0 Å². The van der Waals surface area contributed by atoms with Crippen LogP contribution in [0.1, 0.15) is 17.2 Å². The van der Waals surface area contributed by atoms with E-state index in [0.29, 0.717) is 12.1 Å². The molecule has 1 amide bonds. The van der Waals surface area contributed by atoms with Crippen molar-refractivity contribution in [2.45, 2.75) is 12.6 Å². The first-order valence-corrected chi connectivity index (χ1v) is 6.19. The Morgan fingerprint density at radius 1 is 1.35 bits per heavy atom. The quantitative estimate of drug-likeness (QED) is 0.864. The molecule has 1 aromatic carbocycles. The van der Waals surface area contributed by atoms with Crippen molar-refractivity contribution in [1.29, 1.82) is 0 Å². The molecule has 2 rings (SSSR count). The number of ether oxygens (including phenoxy) is 1. The molecule has 1 atom stereocenters. The van der Waals surface area contributed by atoms with Crippen LogP contribution in [-0.4, -0.2) is 23.1 Å². The number of methoxy groups -OCH3 is 1. The van der Waals surface area contributed by atoms with Crippen LogP contribution in [0.5, 0.6) is 5.75 Å². The van der Waals surface area contributed by atoms with Crippen LogP contribution >= 0.6 is 0 Å². The number of hydrogen-bond donors (Lipinski definition) is 2. The number of hydrogen-bond acceptors (Lipinski definition) is 4. The van der Waals surface area contributed by atoms with Crippen LogP contribution in [0.15, 0.2) is 48.8 Å². The summed E-state index contributed by atoms with van der Waals surface area (Å²) < 4.78 is 5.06. The van der Waals surface area contributed by atoms with Crippen molar-refractivity contribution in [3.8, 4) is 5.75 Å². The molecule has 0 saturated carbocycles. The molecule has 20 heavy (non-hydrogen) atoms. The third-order valence-electron chi connectivity index (χ3n) is 2.87. The lowest BCUT2D eigenvalue weighted by Crippen LogP contribution is -2.28. The Balaban J connectivity index is 1.91. The zero-order chi connectivity index (χ0) is 14.4. The highest BCUT2D eigenvalue weighted by Gasteiger charge is 2.16. The number of aliphatic hydroxyl groups excluding tert-OH is 1. The molecule has 0 spiro atoms. The molecule has 1 aromatic heterocycles. The Bertz CT molecular complexity index is 555. The molecule has 5 heteroatoms. The minimum atomic E-state index is -1.21. The fraction of sp³-hybridized carbons (Fsp3) is 0.200. The molecule has 1 heterocycles. The molecular formula is C15H16N2O3. The average Bonchev–Trinajstić information content (AvgIpc) is 2.53. The van der Waals surface area contributed by atoms with Crippen LogP contribution < -0.4 is 10.1 Å². The number of carbonyl (C=O) groups is 1. The highest BCUT2D eigenvalue weighted by molar-refractivity contribution is 5.81. The van der Waals surface area contributed by atoms with Gasteiger partial charge in [0.05, 0.1) is 7.11 Å². The van der Waals surface area contributed by atoms with Gasteiger partial charge < -0.3 is 15.2 Å². The number of aromatic nitrogens is 1. The Labute approximate surface area is 117 Å². The summed E-state index contributed by atoms with van der Waals surface area (Å²) in [7, 11) is 1.60. The van der Waals surface area contributed by atoms with E-state index in [2.05, 4.69) is 10.3 Å². The van der Waals surface area contributed by atoms with E-state index in [-0.39, 0.29) is 0 Å². The zero-order valence-corrected chi connectivity index (χ0v) is 11.1. The maximum absolute atomic E-state index is 11.8. The first-order valence-electron chi connectivity index (χ1n) is 6.19. The maximum atomic E-state index is 11.8. The van der Waals surface area contributed by atoms with Gasteiger partial charge in [0.25, 0.3) is 5.91 Å². The predicted octanol–water partition coefficient (Wildman–Crippen LogP) is 1.44. The largest absolute Gasteiger partial charge is 0.497 e. The number of pyridine rings is 1. The third-order valence-corrected chi connectivity index (χ3v) is 2.87. The lowest BCUT2D eigenvalue weighted by atomic mass is 10.1. The molecule has 5 nitrogen and oxygen atoms in total. The molecule has 0 fully saturated rings. The molecule has 0 bridgehead atoms. The monoisotopic (exact) mass is 272 g/mol. The second kappa shape index (κ2) is 6.68. The standard InChI is InChI=1S/C15H16N2O3/c1-20-13-6-4-11(5-7-13)9-17-15(19)14(18)12-3-2-8-16-10-12/h2-8,10,14,18H,9H2,1H3,(H,17,19). The summed E-state index contributed by atoms with van der Waals surface area (Å²) in [5.74, 6) is 0.310.